The number of carbonyl (C=O) groups is 1. The highest BCUT2D eigenvalue weighted by Crippen LogP contribution is 2.37. The molecular weight excluding hydrogens is 300 g/mol. The van der Waals surface area contributed by atoms with Crippen molar-refractivity contribution in [2.45, 2.75) is 12.6 Å². The van der Waals surface area contributed by atoms with Crippen molar-refractivity contribution in [1.29, 1.82) is 0 Å². The normalized spacial score (nSPS) is 16.7. The van der Waals surface area contributed by atoms with Gasteiger partial charge in [0.1, 0.15) is 0 Å². The van der Waals surface area contributed by atoms with Crippen molar-refractivity contribution in [2.24, 2.45) is 0 Å². The Morgan fingerprint density at radius 1 is 1.22 bits per heavy atom. The minimum Gasteiger partial charge on any atom is -0.476 e. The number of benzene rings is 2. The highest BCUT2D eigenvalue weighted by molar-refractivity contribution is 6.00. The molecule has 1 aliphatic heterocycles. The van der Waals surface area contributed by atoms with Crippen LogP contribution < -0.4 is 9.64 Å². The fraction of sp³-hybridized carbons (Fsp3) is 0.188. The van der Waals surface area contributed by atoms with E-state index in [1.807, 2.05) is 30.3 Å². The van der Waals surface area contributed by atoms with Crippen LogP contribution in [-0.2, 0) is 11.3 Å². The Labute approximate surface area is 131 Å². The van der Waals surface area contributed by atoms with Gasteiger partial charge in [0.15, 0.2) is 5.75 Å². The molecule has 0 bridgehead atoms. The molecule has 1 amide bonds. The highest BCUT2D eigenvalue weighted by Gasteiger charge is 2.34. The molecule has 0 aliphatic carbocycles. The van der Waals surface area contributed by atoms with Gasteiger partial charge < -0.3 is 14.7 Å². The number of non-ortho nitro benzene ring substituents is 1. The molecule has 2 aromatic rings. The van der Waals surface area contributed by atoms with E-state index in [9.17, 15) is 20.0 Å². The van der Waals surface area contributed by atoms with Gasteiger partial charge in [-0.1, -0.05) is 30.3 Å². The third-order valence-electron chi connectivity index (χ3n) is 3.61. The van der Waals surface area contributed by atoms with Crippen LogP contribution in [0.3, 0.4) is 0 Å². The van der Waals surface area contributed by atoms with Crippen molar-refractivity contribution in [1.82, 2.24) is 0 Å². The summed E-state index contributed by atoms with van der Waals surface area (Å²) in [4.78, 5) is 24.3. The molecule has 2 aromatic carbocycles. The zero-order valence-electron chi connectivity index (χ0n) is 12.1. The molecule has 0 saturated carbocycles. The van der Waals surface area contributed by atoms with Gasteiger partial charge in [-0.05, 0) is 11.6 Å². The number of ether oxygens (including phenoxy) is 1. The smallest absolute Gasteiger partial charge is 0.273 e. The van der Waals surface area contributed by atoms with Gasteiger partial charge in [-0.3, -0.25) is 14.9 Å². The van der Waals surface area contributed by atoms with Gasteiger partial charge in [0.25, 0.3) is 11.6 Å². The fourth-order valence-corrected chi connectivity index (χ4v) is 2.47. The first kappa shape index (κ1) is 15.0. The van der Waals surface area contributed by atoms with Crippen LogP contribution in [0.15, 0.2) is 48.5 Å². The Bertz CT molecular complexity index is 747. The van der Waals surface area contributed by atoms with Crippen LogP contribution in [-0.4, -0.2) is 28.6 Å². The number of rotatable bonds is 4. The van der Waals surface area contributed by atoms with Crippen LogP contribution in [0.25, 0.3) is 0 Å². The summed E-state index contributed by atoms with van der Waals surface area (Å²) in [6, 6.07) is 13.4. The van der Waals surface area contributed by atoms with E-state index >= 15 is 0 Å². The van der Waals surface area contributed by atoms with E-state index in [0.717, 1.165) is 5.56 Å². The summed E-state index contributed by atoms with van der Waals surface area (Å²) >= 11 is 0. The average molecular weight is 314 g/mol. The first-order chi connectivity index (χ1) is 11.1. The van der Waals surface area contributed by atoms with Crippen molar-refractivity contribution < 1.29 is 19.6 Å². The van der Waals surface area contributed by atoms with Crippen molar-refractivity contribution in [3.8, 4) is 5.75 Å². The van der Waals surface area contributed by atoms with E-state index in [2.05, 4.69) is 0 Å². The largest absolute Gasteiger partial charge is 0.476 e. The number of nitro benzene ring substituents is 1. The lowest BCUT2D eigenvalue weighted by atomic mass is 10.1. The van der Waals surface area contributed by atoms with Crippen LogP contribution in [0.4, 0.5) is 11.4 Å². The minimum absolute atomic E-state index is 0.130. The minimum atomic E-state index is -1.06. The lowest BCUT2D eigenvalue weighted by molar-refractivity contribution is -0.384. The number of nitro groups is 1. The van der Waals surface area contributed by atoms with Gasteiger partial charge >= 0.3 is 0 Å². The van der Waals surface area contributed by atoms with Crippen molar-refractivity contribution in [3.63, 3.8) is 0 Å². The first-order valence-electron chi connectivity index (χ1n) is 7.01. The van der Waals surface area contributed by atoms with E-state index in [4.69, 9.17) is 4.74 Å². The standard InChI is InChI=1S/C16H14N2O5/c19-10-15-16(20)17(9-11-4-2-1-3-5-11)13-7-6-12(18(21)22)8-14(13)23-15/h1-8,15,19H,9-10H2. The van der Waals surface area contributed by atoms with Crippen LogP contribution in [0.2, 0.25) is 0 Å². The zero-order valence-corrected chi connectivity index (χ0v) is 12.1. The molecule has 23 heavy (non-hydrogen) atoms. The number of carbonyl (C=O) groups excluding carboxylic acids is 1. The molecular formula is C16H14N2O5. The average Bonchev–Trinajstić information content (AvgIpc) is 2.57. The third-order valence-corrected chi connectivity index (χ3v) is 3.61. The topological polar surface area (TPSA) is 92.9 Å². The van der Waals surface area contributed by atoms with Gasteiger partial charge in [-0.15, -0.1) is 0 Å². The van der Waals surface area contributed by atoms with Crippen molar-refractivity contribution >= 4 is 17.3 Å². The quantitative estimate of drug-likeness (QED) is 0.687. The number of amides is 1. The number of anilines is 1. The Morgan fingerprint density at radius 3 is 2.61 bits per heavy atom. The molecule has 0 radical (unpaired) electrons. The molecule has 0 saturated heterocycles. The lowest BCUT2D eigenvalue weighted by Crippen LogP contribution is -2.47. The molecule has 7 heteroatoms. The monoisotopic (exact) mass is 314 g/mol. The lowest BCUT2D eigenvalue weighted by Gasteiger charge is -2.33. The van der Waals surface area contributed by atoms with Crippen LogP contribution in [0, 0.1) is 10.1 Å². The SMILES string of the molecule is O=C1C(CO)Oc2cc([N+](=O)[O-])ccc2N1Cc1ccccc1. The summed E-state index contributed by atoms with van der Waals surface area (Å²) < 4.78 is 5.41. The van der Waals surface area contributed by atoms with E-state index < -0.39 is 17.6 Å². The Hall–Kier alpha value is -2.93. The second-order valence-corrected chi connectivity index (χ2v) is 5.11. The molecule has 1 aliphatic rings. The van der Waals surface area contributed by atoms with E-state index in [1.165, 1.54) is 23.1 Å². The van der Waals surface area contributed by atoms with Crippen molar-refractivity contribution in [2.75, 3.05) is 11.5 Å². The molecule has 1 heterocycles. The Kier molecular flexibility index (Phi) is 3.94. The first-order valence-corrected chi connectivity index (χ1v) is 7.01. The summed E-state index contributed by atoms with van der Waals surface area (Å²) in [6.07, 6.45) is -1.06. The van der Waals surface area contributed by atoms with Crippen LogP contribution in [0.5, 0.6) is 5.75 Å². The van der Waals surface area contributed by atoms with Crippen LogP contribution in [0.1, 0.15) is 5.56 Å². The molecule has 3 rings (SSSR count). The summed E-state index contributed by atoms with van der Waals surface area (Å²) in [7, 11) is 0. The van der Waals surface area contributed by atoms with Gasteiger partial charge in [-0.25, -0.2) is 0 Å². The van der Waals surface area contributed by atoms with Gasteiger partial charge in [0.2, 0.25) is 6.10 Å². The zero-order chi connectivity index (χ0) is 16.4. The highest BCUT2D eigenvalue weighted by atomic mass is 16.6. The number of aliphatic hydroxyl groups excluding tert-OH is 1. The predicted octanol–water partition coefficient (Wildman–Crippen LogP) is 1.88. The maximum Gasteiger partial charge on any atom is 0.273 e. The molecule has 0 spiro atoms. The number of fused-ring (bicyclic) bond motifs is 1. The predicted molar refractivity (Wildman–Crippen MR) is 82.2 cm³/mol. The second-order valence-electron chi connectivity index (χ2n) is 5.11. The molecule has 7 nitrogen and oxygen atoms in total. The maximum absolute atomic E-state index is 12.4. The van der Waals surface area contributed by atoms with Crippen LogP contribution >= 0.6 is 0 Å². The summed E-state index contributed by atoms with van der Waals surface area (Å²) in [6.45, 7) is -0.198. The molecule has 0 aromatic heterocycles. The Morgan fingerprint density at radius 2 is 1.96 bits per heavy atom. The molecule has 118 valence electrons. The van der Waals surface area contributed by atoms with E-state index in [0.29, 0.717) is 12.2 Å². The van der Waals surface area contributed by atoms with Gasteiger partial charge in [0, 0.05) is 6.07 Å². The number of hydrogen-bond donors (Lipinski definition) is 1. The van der Waals surface area contributed by atoms with E-state index in [-0.39, 0.29) is 17.3 Å². The summed E-state index contributed by atoms with van der Waals surface area (Å²) in [5, 5.41) is 20.2. The number of aliphatic hydroxyl groups is 1. The molecule has 0 fully saturated rings. The second kappa shape index (κ2) is 6.05. The summed E-state index contributed by atoms with van der Waals surface area (Å²) in [5.41, 5.74) is 1.23. The summed E-state index contributed by atoms with van der Waals surface area (Å²) in [5.74, 6) is -0.161. The number of hydrogen-bond acceptors (Lipinski definition) is 5. The molecule has 1 unspecified atom stereocenters. The molecule has 1 N–H and O–H groups in total. The van der Waals surface area contributed by atoms with Gasteiger partial charge in [-0.2, -0.15) is 0 Å². The third kappa shape index (κ3) is 2.86. The Balaban J connectivity index is 2.01. The fourth-order valence-electron chi connectivity index (χ4n) is 2.47. The number of nitrogens with zero attached hydrogens (tertiary/aromatic N) is 2. The van der Waals surface area contributed by atoms with E-state index in [1.54, 1.807) is 0 Å². The van der Waals surface area contributed by atoms with Crippen molar-refractivity contribution in [3.05, 3.63) is 64.2 Å². The molecule has 1 atom stereocenters. The van der Waals surface area contributed by atoms with Gasteiger partial charge in [0.05, 0.1) is 29.8 Å². The maximum atomic E-state index is 12.4.